The van der Waals surface area contributed by atoms with Crippen LogP contribution in [0.15, 0.2) is 0 Å². The number of rotatable bonds is 3. The predicted octanol–water partition coefficient (Wildman–Crippen LogP) is 2.02. The van der Waals surface area contributed by atoms with Crippen molar-refractivity contribution in [2.45, 2.75) is 63.6 Å². The number of ether oxygens (including phenoxy) is 1. The molecule has 1 atom stereocenters. The van der Waals surface area contributed by atoms with Gasteiger partial charge >= 0.3 is 0 Å². The van der Waals surface area contributed by atoms with E-state index >= 15 is 0 Å². The molecule has 0 aromatic heterocycles. The van der Waals surface area contributed by atoms with Gasteiger partial charge in [0.1, 0.15) is 0 Å². The zero-order valence-electron chi connectivity index (χ0n) is 12.0. The molecule has 2 heterocycles. The van der Waals surface area contributed by atoms with Crippen molar-refractivity contribution >= 4 is 0 Å². The highest BCUT2D eigenvalue weighted by molar-refractivity contribution is 5.01. The summed E-state index contributed by atoms with van der Waals surface area (Å²) in [5, 5.41) is 3.73. The van der Waals surface area contributed by atoms with Gasteiger partial charge in [0.2, 0.25) is 0 Å². The molecule has 1 unspecified atom stereocenters. The largest absolute Gasteiger partial charge is 0.372 e. The van der Waals surface area contributed by atoms with Gasteiger partial charge in [-0.1, -0.05) is 13.8 Å². The molecule has 0 radical (unpaired) electrons. The van der Waals surface area contributed by atoms with E-state index < -0.39 is 0 Å². The Kier molecular flexibility index (Phi) is 3.65. The number of hydrogen-bond acceptors (Lipinski definition) is 3. The molecule has 3 nitrogen and oxygen atoms in total. The van der Waals surface area contributed by atoms with E-state index in [1.165, 1.54) is 45.2 Å². The van der Waals surface area contributed by atoms with E-state index in [0.717, 1.165) is 25.1 Å². The number of likely N-dealkylation sites (tertiary alicyclic amines) is 1. The van der Waals surface area contributed by atoms with Crippen molar-refractivity contribution in [3.05, 3.63) is 0 Å². The van der Waals surface area contributed by atoms with Gasteiger partial charge in [-0.25, -0.2) is 0 Å². The second-order valence-corrected chi connectivity index (χ2v) is 6.82. The Labute approximate surface area is 111 Å². The Balaban J connectivity index is 1.63. The number of nitrogens with zero attached hydrogens (tertiary/aromatic N) is 1. The minimum Gasteiger partial charge on any atom is -0.372 e. The first-order valence-corrected chi connectivity index (χ1v) is 7.81. The van der Waals surface area contributed by atoms with Gasteiger partial charge in [0.05, 0.1) is 12.2 Å². The molecule has 3 rings (SSSR count). The lowest BCUT2D eigenvalue weighted by Crippen LogP contribution is -2.62. The van der Waals surface area contributed by atoms with Gasteiger partial charge in [-0.2, -0.15) is 0 Å². The monoisotopic (exact) mass is 252 g/mol. The molecule has 1 aliphatic carbocycles. The number of piperidine rings is 1. The molecule has 2 saturated heterocycles. The van der Waals surface area contributed by atoms with Crippen molar-refractivity contribution in [1.82, 2.24) is 10.2 Å². The SMILES string of the molecule is CC(C)CC1NCCOC12CCN(C1CC1)CC2. The summed E-state index contributed by atoms with van der Waals surface area (Å²) in [5.41, 5.74) is 0.147. The molecular formula is C15H28N2O. The Morgan fingerprint density at radius 2 is 2.00 bits per heavy atom. The second kappa shape index (κ2) is 5.10. The first kappa shape index (κ1) is 12.9. The Morgan fingerprint density at radius 1 is 1.28 bits per heavy atom. The predicted molar refractivity (Wildman–Crippen MR) is 73.8 cm³/mol. The molecule has 2 aliphatic heterocycles. The van der Waals surface area contributed by atoms with E-state index in [9.17, 15) is 0 Å². The third-order valence-electron chi connectivity index (χ3n) is 4.93. The van der Waals surface area contributed by atoms with Crippen LogP contribution < -0.4 is 5.32 Å². The van der Waals surface area contributed by atoms with Crippen molar-refractivity contribution in [3.63, 3.8) is 0 Å². The molecule has 3 aliphatic rings. The van der Waals surface area contributed by atoms with Crippen LogP contribution >= 0.6 is 0 Å². The highest BCUT2D eigenvalue weighted by Crippen LogP contribution is 2.38. The normalized spacial score (nSPS) is 33.2. The second-order valence-electron chi connectivity index (χ2n) is 6.82. The standard InChI is InChI=1S/C15H28N2O/c1-12(2)11-14-15(18-10-7-16-14)5-8-17(9-6-15)13-3-4-13/h12-14,16H,3-11H2,1-2H3. The van der Waals surface area contributed by atoms with Crippen molar-refractivity contribution in [2.75, 3.05) is 26.2 Å². The lowest BCUT2D eigenvalue weighted by molar-refractivity contribution is -0.131. The summed E-state index contributed by atoms with van der Waals surface area (Å²) in [6.45, 7) is 9.08. The molecule has 3 heteroatoms. The van der Waals surface area contributed by atoms with Gasteiger partial charge < -0.3 is 15.0 Å². The quantitative estimate of drug-likeness (QED) is 0.831. The van der Waals surface area contributed by atoms with Gasteiger partial charge in [0.25, 0.3) is 0 Å². The zero-order valence-corrected chi connectivity index (χ0v) is 12.0. The summed E-state index contributed by atoms with van der Waals surface area (Å²) >= 11 is 0. The highest BCUT2D eigenvalue weighted by atomic mass is 16.5. The molecule has 1 N–H and O–H groups in total. The van der Waals surface area contributed by atoms with Crippen molar-refractivity contribution in [3.8, 4) is 0 Å². The summed E-state index contributed by atoms with van der Waals surface area (Å²) in [6, 6.07) is 1.50. The number of hydrogen-bond donors (Lipinski definition) is 1. The minimum atomic E-state index is 0.147. The van der Waals surface area contributed by atoms with Crippen LogP contribution in [0.3, 0.4) is 0 Å². The van der Waals surface area contributed by atoms with Gasteiger partial charge in [-0.15, -0.1) is 0 Å². The Bertz CT molecular complexity index is 280. The third-order valence-corrected chi connectivity index (χ3v) is 4.93. The lowest BCUT2D eigenvalue weighted by atomic mass is 9.79. The fraction of sp³-hybridized carbons (Fsp3) is 1.00. The number of nitrogens with one attached hydrogen (secondary N) is 1. The summed E-state index contributed by atoms with van der Waals surface area (Å²) in [6.07, 6.45) is 6.58. The van der Waals surface area contributed by atoms with Crippen LogP contribution in [0.2, 0.25) is 0 Å². The van der Waals surface area contributed by atoms with Crippen LogP contribution in [0, 0.1) is 5.92 Å². The van der Waals surface area contributed by atoms with Crippen LogP contribution in [0.5, 0.6) is 0 Å². The highest BCUT2D eigenvalue weighted by Gasteiger charge is 2.46. The van der Waals surface area contributed by atoms with E-state index in [1.807, 2.05) is 0 Å². The molecule has 1 saturated carbocycles. The van der Waals surface area contributed by atoms with Gasteiger partial charge in [-0.3, -0.25) is 0 Å². The van der Waals surface area contributed by atoms with E-state index in [2.05, 4.69) is 24.1 Å². The number of morpholine rings is 1. The van der Waals surface area contributed by atoms with Crippen LogP contribution in [0.1, 0.15) is 46.0 Å². The smallest absolute Gasteiger partial charge is 0.0859 e. The Morgan fingerprint density at radius 3 is 2.61 bits per heavy atom. The lowest BCUT2D eigenvalue weighted by Gasteiger charge is -2.49. The summed E-state index contributed by atoms with van der Waals surface area (Å²) in [7, 11) is 0. The first-order valence-electron chi connectivity index (χ1n) is 7.81. The molecule has 3 fully saturated rings. The average Bonchev–Trinajstić information content (AvgIpc) is 3.17. The van der Waals surface area contributed by atoms with E-state index in [4.69, 9.17) is 4.74 Å². The molecule has 18 heavy (non-hydrogen) atoms. The maximum atomic E-state index is 6.28. The topological polar surface area (TPSA) is 24.5 Å². The third kappa shape index (κ3) is 2.59. The Hall–Kier alpha value is -0.120. The van der Waals surface area contributed by atoms with E-state index in [-0.39, 0.29) is 5.60 Å². The molecule has 0 bridgehead atoms. The van der Waals surface area contributed by atoms with Crippen LogP contribution in [-0.2, 0) is 4.74 Å². The maximum Gasteiger partial charge on any atom is 0.0859 e. The fourth-order valence-corrected chi connectivity index (χ4v) is 3.74. The van der Waals surface area contributed by atoms with Gasteiger partial charge in [0.15, 0.2) is 0 Å². The fourth-order valence-electron chi connectivity index (χ4n) is 3.74. The van der Waals surface area contributed by atoms with Crippen molar-refractivity contribution < 1.29 is 4.74 Å². The van der Waals surface area contributed by atoms with Crippen molar-refractivity contribution in [2.24, 2.45) is 5.92 Å². The molecule has 0 aromatic carbocycles. The van der Waals surface area contributed by atoms with Crippen LogP contribution in [0.25, 0.3) is 0 Å². The minimum absolute atomic E-state index is 0.147. The van der Waals surface area contributed by atoms with Crippen molar-refractivity contribution in [1.29, 1.82) is 0 Å². The van der Waals surface area contributed by atoms with Crippen LogP contribution in [0.4, 0.5) is 0 Å². The zero-order chi connectivity index (χ0) is 12.6. The molecule has 0 amide bonds. The molecular weight excluding hydrogens is 224 g/mol. The van der Waals surface area contributed by atoms with E-state index in [0.29, 0.717) is 6.04 Å². The maximum absolute atomic E-state index is 6.28. The summed E-state index contributed by atoms with van der Waals surface area (Å²) < 4.78 is 6.28. The molecule has 0 aromatic rings. The van der Waals surface area contributed by atoms with E-state index in [1.54, 1.807) is 0 Å². The average molecular weight is 252 g/mol. The molecule has 104 valence electrons. The van der Waals surface area contributed by atoms with Gasteiger partial charge in [-0.05, 0) is 38.0 Å². The first-order chi connectivity index (χ1) is 8.70. The summed E-state index contributed by atoms with van der Waals surface area (Å²) in [5.74, 6) is 0.752. The van der Waals surface area contributed by atoms with Gasteiger partial charge in [0, 0.05) is 31.7 Å². The molecule has 1 spiro atoms. The van der Waals surface area contributed by atoms with Crippen LogP contribution in [-0.4, -0.2) is 48.8 Å². The summed E-state index contributed by atoms with van der Waals surface area (Å²) in [4.78, 5) is 2.69.